The maximum atomic E-state index is 11.2. The second kappa shape index (κ2) is 6.40. The van der Waals surface area contributed by atoms with Gasteiger partial charge in [-0.25, -0.2) is 0 Å². The van der Waals surface area contributed by atoms with Crippen molar-refractivity contribution in [3.8, 4) is 0 Å². The average molecular weight is 202 g/mol. The SMILES string of the molecule is CCC(C)OC(=O)C[C@@H](C)CC(=O)O. The van der Waals surface area contributed by atoms with E-state index in [2.05, 4.69) is 0 Å². The summed E-state index contributed by atoms with van der Waals surface area (Å²) in [5.41, 5.74) is 0. The highest BCUT2D eigenvalue weighted by Crippen LogP contribution is 2.10. The van der Waals surface area contributed by atoms with Gasteiger partial charge in [0, 0.05) is 12.8 Å². The van der Waals surface area contributed by atoms with Gasteiger partial charge in [0.05, 0.1) is 6.10 Å². The van der Waals surface area contributed by atoms with Crippen molar-refractivity contribution in [1.29, 1.82) is 0 Å². The van der Waals surface area contributed by atoms with Crippen LogP contribution in [-0.4, -0.2) is 23.1 Å². The molecule has 1 unspecified atom stereocenters. The van der Waals surface area contributed by atoms with Gasteiger partial charge >= 0.3 is 11.9 Å². The third-order valence-corrected chi connectivity index (χ3v) is 1.95. The molecule has 4 heteroatoms. The molecule has 14 heavy (non-hydrogen) atoms. The van der Waals surface area contributed by atoms with E-state index in [1.165, 1.54) is 0 Å². The minimum atomic E-state index is -0.881. The molecule has 0 bridgehead atoms. The summed E-state index contributed by atoms with van der Waals surface area (Å²) in [7, 11) is 0. The number of carboxylic acid groups (broad SMARTS) is 1. The van der Waals surface area contributed by atoms with Gasteiger partial charge in [0.2, 0.25) is 0 Å². The first-order valence-corrected chi connectivity index (χ1v) is 4.87. The van der Waals surface area contributed by atoms with Crippen LogP contribution in [0.4, 0.5) is 0 Å². The number of ether oxygens (including phenoxy) is 1. The summed E-state index contributed by atoms with van der Waals surface area (Å²) in [5.74, 6) is -1.36. The summed E-state index contributed by atoms with van der Waals surface area (Å²) in [5, 5.41) is 8.47. The van der Waals surface area contributed by atoms with Crippen LogP contribution in [0.15, 0.2) is 0 Å². The third-order valence-electron chi connectivity index (χ3n) is 1.95. The van der Waals surface area contributed by atoms with E-state index in [0.29, 0.717) is 0 Å². The van der Waals surface area contributed by atoms with Crippen molar-refractivity contribution in [2.45, 2.75) is 46.1 Å². The van der Waals surface area contributed by atoms with Gasteiger partial charge < -0.3 is 9.84 Å². The zero-order valence-electron chi connectivity index (χ0n) is 8.95. The monoisotopic (exact) mass is 202 g/mol. The number of hydrogen-bond donors (Lipinski definition) is 1. The molecular formula is C10H18O4. The Hall–Kier alpha value is -1.06. The standard InChI is InChI=1S/C10H18O4/c1-4-8(3)14-10(13)6-7(2)5-9(11)12/h7-8H,4-6H2,1-3H3,(H,11,12)/t7-,8?/m0/s1. The largest absolute Gasteiger partial charge is 0.481 e. The van der Waals surface area contributed by atoms with E-state index in [4.69, 9.17) is 9.84 Å². The van der Waals surface area contributed by atoms with Gasteiger partial charge in [0.1, 0.15) is 0 Å². The Balaban J connectivity index is 3.76. The second-order valence-corrected chi connectivity index (χ2v) is 3.62. The van der Waals surface area contributed by atoms with Gasteiger partial charge in [-0.1, -0.05) is 13.8 Å². The normalized spacial score (nSPS) is 14.5. The van der Waals surface area contributed by atoms with E-state index in [1.54, 1.807) is 6.92 Å². The molecule has 2 atom stereocenters. The van der Waals surface area contributed by atoms with Gasteiger partial charge in [-0.15, -0.1) is 0 Å². The van der Waals surface area contributed by atoms with Crippen LogP contribution >= 0.6 is 0 Å². The molecule has 1 N–H and O–H groups in total. The number of esters is 1. The van der Waals surface area contributed by atoms with E-state index in [9.17, 15) is 9.59 Å². The number of rotatable bonds is 6. The molecule has 0 aromatic carbocycles. The number of carbonyl (C=O) groups excluding carboxylic acids is 1. The van der Waals surface area contributed by atoms with E-state index >= 15 is 0 Å². The zero-order valence-corrected chi connectivity index (χ0v) is 8.95. The minimum absolute atomic E-state index is 0.00953. The van der Waals surface area contributed by atoms with Gasteiger partial charge in [-0.05, 0) is 19.3 Å². The molecule has 0 radical (unpaired) electrons. The second-order valence-electron chi connectivity index (χ2n) is 3.62. The van der Waals surface area contributed by atoms with Crippen LogP contribution in [0.3, 0.4) is 0 Å². The van der Waals surface area contributed by atoms with Crippen LogP contribution < -0.4 is 0 Å². The molecule has 0 aliphatic rings. The van der Waals surface area contributed by atoms with Gasteiger partial charge in [-0.2, -0.15) is 0 Å². The van der Waals surface area contributed by atoms with Crippen LogP contribution in [0.25, 0.3) is 0 Å². The van der Waals surface area contributed by atoms with Crippen molar-refractivity contribution in [2.24, 2.45) is 5.92 Å². The summed E-state index contributed by atoms with van der Waals surface area (Å²) >= 11 is 0. The van der Waals surface area contributed by atoms with Crippen LogP contribution in [0.2, 0.25) is 0 Å². The van der Waals surface area contributed by atoms with Crippen molar-refractivity contribution in [2.75, 3.05) is 0 Å². The molecule has 0 aromatic rings. The smallest absolute Gasteiger partial charge is 0.306 e. The average Bonchev–Trinajstić information content (AvgIpc) is 2.01. The zero-order chi connectivity index (χ0) is 11.1. The molecule has 0 spiro atoms. The maximum Gasteiger partial charge on any atom is 0.306 e. The lowest BCUT2D eigenvalue weighted by atomic mass is 10.0. The fourth-order valence-corrected chi connectivity index (χ4v) is 1.01. The maximum absolute atomic E-state index is 11.2. The lowest BCUT2D eigenvalue weighted by Gasteiger charge is -2.12. The molecule has 0 heterocycles. The van der Waals surface area contributed by atoms with E-state index in [-0.39, 0.29) is 30.8 Å². The summed E-state index contributed by atoms with van der Waals surface area (Å²) in [4.78, 5) is 21.5. The first-order chi connectivity index (χ1) is 6.45. The van der Waals surface area contributed by atoms with Crippen molar-refractivity contribution in [3.63, 3.8) is 0 Å². The molecule has 0 aliphatic heterocycles. The molecule has 0 fully saturated rings. The molecule has 0 aliphatic carbocycles. The highest BCUT2D eigenvalue weighted by Gasteiger charge is 2.14. The molecule has 82 valence electrons. The van der Waals surface area contributed by atoms with E-state index in [0.717, 1.165) is 6.42 Å². The highest BCUT2D eigenvalue weighted by molar-refractivity contribution is 5.72. The quantitative estimate of drug-likeness (QED) is 0.667. The fourth-order valence-electron chi connectivity index (χ4n) is 1.01. The molecule has 0 amide bonds. The summed E-state index contributed by atoms with van der Waals surface area (Å²) < 4.78 is 5.02. The first-order valence-electron chi connectivity index (χ1n) is 4.87. The molecular weight excluding hydrogens is 184 g/mol. The number of hydrogen-bond acceptors (Lipinski definition) is 3. The van der Waals surface area contributed by atoms with Crippen LogP contribution in [0.5, 0.6) is 0 Å². The molecule has 0 saturated carbocycles. The summed E-state index contributed by atoms with van der Waals surface area (Å²) in [6.07, 6.45) is 0.880. The number of aliphatic carboxylic acids is 1. The molecule has 4 nitrogen and oxygen atoms in total. The summed E-state index contributed by atoms with van der Waals surface area (Å²) in [6.45, 7) is 5.48. The Labute approximate surface area is 84.3 Å². The van der Waals surface area contributed by atoms with Crippen LogP contribution in [0.1, 0.15) is 40.0 Å². The Bertz CT molecular complexity index is 200. The molecule has 0 saturated heterocycles. The fraction of sp³-hybridized carbons (Fsp3) is 0.800. The van der Waals surface area contributed by atoms with Gasteiger partial charge in [0.25, 0.3) is 0 Å². The van der Waals surface area contributed by atoms with Crippen LogP contribution in [-0.2, 0) is 14.3 Å². The lowest BCUT2D eigenvalue weighted by Crippen LogP contribution is -2.17. The Morgan fingerprint density at radius 2 is 1.86 bits per heavy atom. The Morgan fingerprint density at radius 3 is 2.29 bits per heavy atom. The first kappa shape index (κ1) is 12.9. The Kier molecular flexibility index (Phi) is 5.92. The number of carboxylic acids is 1. The Morgan fingerprint density at radius 1 is 1.29 bits per heavy atom. The molecule has 0 aromatic heterocycles. The molecule has 0 rings (SSSR count). The van der Waals surface area contributed by atoms with E-state index in [1.807, 2.05) is 13.8 Å². The van der Waals surface area contributed by atoms with Crippen LogP contribution in [0, 0.1) is 5.92 Å². The minimum Gasteiger partial charge on any atom is -0.481 e. The highest BCUT2D eigenvalue weighted by atomic mass is 16.5. The summed E-state index contributed by atoms with van der Waals surface area (Å²) in [6, 6.07) is 0. The lowest BCUT2D eigenvalue weighted by molar-refractivity contribution is -0.149. The third kappa shape index (κ3) is 6.46. The number of carbonyl (C=O) groups is 2. The predicted molar refractivity (Wildman–Crippen MR) is 51.9 cm³/mol. The van der Waals surface area contributed by atoms with Crippen molar-refractivity contribution < 1.29 is 19.4 Å². The van der Waals surface area contributed by atoms with Crippen molar-refractivity contribution >= 4 is 11.9 Å². The predicted octanol–water partition coefficient (Wildman–Crippen LogP) is 1.83. The van der Waals surface area contributed by atoms with E-state index < -0.39 is 5.97 Å². The van der Waals surface area contributed by atoms with Gasteiger partial charge in [-0.3, -0.25) is 9.59 Å². The van der Waals surface area contributed by atoms with Crippen molar-refractivity contribution in [3.05, 3.63) is 0 Å². The topological polar surface area (TPSA) is 63.6 Å². The van der Waals surface area contributed by atoms with Gasteiger partial charge in [0.15, 0.2) is 0 Å². The van der Waals surface area contributed by atoms with Crippen molar-refractivity contribution in [1.82, 2.24) is 0 Å².